The van der Waals surface area contributed by atoms with Gasteiger partial charge in [-0.05, 0) is 49.7 Å². The summed E-state index contributed by atoms with van der Waals surface area (Å²) < 4.78 is 0. The van der Waals surface area contributed by atoms with Crippen molar-refractivity contribution in [2.24, 2.45) is 4.99 Å². The van der Waals surface area contributed by atoms with Gasteiger partial charge in [0.25, 0.3) is 0 Å². The van der Waals surface area contributed by atoms with E-state index >= 15 is 0 Å². The monoisotopic (exact) mass is 469 g/mol. The van der Waals surface area contributed by atoms with Gasteiger partial charge in [0.15, 0.2) is 5.17 Å². The Kier molecular flexibility index (Phi) is 7.11. The zero-order chi connectivity index (χ0) is 21.1. The third kappa shape index (κ3) is 5.25. The number of halogens is 3. The number of amides is 2. The van der Waals surface area contributed by atoms with E-state index in [4.69, 9.17) is 34.8 Å². The van der Waals surface area contributed by atoms with Gasteiger partial charge in [0.05, 0.1) is 15.7 Å². The molecule has 1 saturated heterocycles. The van der Waals surface area contributed by atoms with Crippen molar-refractivity contribution >= 4 is 74.9 Å². The van der Waals surface area contributed by atoms with Crippen LogP contribution in [0.25, 0.3) is 0 Å². The first-order chi connectivity index (χ1) is 13.8. The zero-order valence-corrected chi connectivity index (χ0v) is 18.8. The third-order valence-electron chi connectivity index (χ3n) is 4.32. The molecule has 0 saturated carbocycles. The smallest absolute Gasteiger partial charge is 0.238 e. The number of hydrogen-bond acceptors (Lipinski definition) is 4. The molecule has 1 unspecified atom stereocenters. The number of carbonyl (C=O) groups is 2. The van der Waals surface area contributed by atoms with Gasteiger partial charge in [-0.25, -0.2) is 4.99 Å². The van der Waals surface area contributed by atoms with Crippen molar-refractivity contribution in [3.63, 3.8) is 0 Å². The molecule has 2 aromatic carbocycles. The van der Waals surface area contributed by atoms with Gasteiger partial charge < -0.3 is 5.32 Å². The number of nitrogens with one attached hydrogen (secondary N) is 1. The summed E-state index contributed by atoms with van der Waals surface area (Å²) in [6.07, 6.45) is 0.0827. The molecule has 5 nitrogen and oxygen atoms in total. The van der Waals surface area contributed by atoms with E-state index in [0.29, 0.717) is 38.2 Å². The number of hydrogen-bond donors (Lipinski definition) is 1. The maximum absolute atomic E-state index is 12.7. The van der Waals surface area contributed by atoms with Crippen LogP contribution in [0.2, 0.25) is 15.1 Å². The molecule has 1 atom stereocenters. The highest BCUT2D eigenvalue weighted by Gasteiger charge is 2.35. The van der Waals surface area contributed by atoms with Crippen molar-refractivity contribution in [2.45, 2.75) is 25.5 Å². The van der Waals surface area contributed by atoms with Crippen molar-refractivity contribution < 1.29 is 9.59 Å². The summed E-state index contributed by atoms with van der Waals surface area (Å²) in [7, 11) is 0. The molecule has 1 aliphatic heterocycles. The fourth-order valence-electron chi connectivity index (χ4n) is 2.71. The van der Waals surface area contributed by atoms with Crippen LogP contribution >= 0.6 is 46.6 Å². The van der Waals surface area contributed by atoms with Crippen molar-refractivity contribution in [3.05, 3.63) is 57.0 Å². The van der Waals surface area contributed by atoms with E-state index < -0.39 is 5.25 Å². The predicted molar refractivity (Wildman–Crippen MR) is 122 cm³/mol. The number of thioether (sulfide) groups is 1. The molecule has 9 heteroatoms. The lowest BCUT2D eigenvalue weighted by atomic mass is 10.2. The zero-order valence-electron chi connectivity index (χ0n) is 15.7. The molecule has 1 heterocycles. The van der Waals surface area contributed by atoms with Crippen molar-refractivity contribution in [2.75, 3.05) is 11.9 Å². The predicted octanol–water partition coefficient (Wildman–Crippen LogP) is 5.94. The minimum absolute atomic E-state index is 0.0827. The molecule has 0 aromatic heterocycles. The summed E-state index contributed by atoms with van der Waals surface area (Å²) in [5.41, 5.74) is 2.08. The fraction of sp³-hybridized carbons (Fsp3) is 0.250. The molecule has 0 spiro atoms. The van der Waals surface area contributed by atoms with Crippen LogP contribution in [-0.4, -0.2) is 33.7 Å². The van der Waals surface area contributed by atoms with Gasteiger partial charge in [-0.3, -0.25) is 14.5 Å². The molecule has 0 bridgehead atoms. The van der Waals surface area contributed by atoms with E-state index in [1.807, 2.05) is 26.0 Å². The Labute approximate surface area is 188 Å². The largest absolute Gasteiger partial charge is 0.325 e. The highest BCUT2D eigenvalue weighted by Crippen LogP contribution is 2.31. The van der Waals surface area contributed by atoms with Crippen LogP contribution in [0.3, 0.4) is 0 Å². The fourth-order valence-corrected chi connectivity index (χ4v) is 4.35. The van der Waals surface area contributed by atoms with Crippen LogP contribution in [0.15, 0.2) is 41.4 Å². The van der Waals surface area contributed by atoms with Gasteiger partial charge in [-0.1, -0.05) is 52.6 Å². The second-order valence-corrected chi connectivity index (χ2v) is 8.79. The van der Waals surface area contributed by atoms with Crippen LogP contribution < -0.4 is 5.32 Å². The van der Waals surface area contributed by atoms with Gasteiger partial charge in [0.1, 0.15) is 5.25 Å². The lowest BCUT2D eigenvalue weighted by Gasteiger charge is -2.31. The summed E-state index contributed by atoms with van der Waals surface area (Å²) in [6, 6.07) is 10.3. The molecular formula is C20H18Cl3N3O2S. The molecule has 29 heavy (non-hydrogen) atoms. The third-order valence-corrected chi connectivity index (χ3v) is 6.65. The van der Waals surface area contributed by atoms with Gasteiger partial charge in [-0.15, -0.1) is 0 Å². The number of carbonyl (C=O) groups excluding carboxylic acids is 2. The van der Waals surface area contributed by atoms with E-state index in [0.717, 1.165) is 5.56 Å². The van der Waals surface area contributed by atoms with Crippen molar-refractivity contribution in [1.82, 2.24) is 4.90 Å². The molecule has 152 valence electrons. The molecule has 0 aliphatic carbocycles. The van der Waals surface area contributed by atoms with Gasteiger partial charge in [-0.2, -0.15) is 0 Å². The Hall–Kier alpha value is -1.73. The van der Waals surface area contributed by atoms with Gasteiger partial charge in [0.2, 0.25) is 11.8 Å². The Morgan fingerprint density at radius 2 is 1.93 bits per heavy atom. The van der Waals surface area contributed by atoms with E-state index in [1.165, 1.54) is 11.8 Å². The summed E-state index contributed by atoms with van der Waals surface area (Å²) >= 11 is 19.3. The molecule has 2 aromatic rings. The summed E-state index contributed by atoms with van der Waals surface area (Å²) in [5.74, 6) is -0.454. The number of benzene rings is 2. The normalized spacial score (nSPS) is 18.2. The average molecular weight is 471 g/mol. The Balaban J connectivity index is 1.82. The molecule has 1 fully saturated rings. The molecule has 3 rings (SSSR count). The number of aryl methyl sites for hydroxylation is 1. The molecule has 1 aliphatic rings. The average Bonchev–Trinajstić information content (AvgIpc) is 2.67. The number of rotatable bonds is 4. The minimum Gasteiger partial charge on any atom is -0.325 e. The van der Waals surface area contributed by atoms with E-state index in [1.54, 1.807) is 29.2 Å². The van der Waals surface area contributed by atoms with E-state index in [2.05, 4.69) is 10.3 Å². The Morgan fingerprint density at radius 3 is 2.59 bits per heavy atom. The summed E-state index contributed by atoms with van der Waals surface area (Å²) in [6.45, 7) is 4.23. The van der Waals surface area contributed by atoms with Crippen molar-refractivity contribution in [3.8, 4) is 0 Å². The maximum Gasteiger partial charge on any atom is 0.238 e. The van der Waals surface area contributed by atoms with Crippen LogP contribution in [0.5, 0.6) is 0 Å². The highest BCUT2D eigenvalue weighted by molar-refractivity contribution is 8.15. The first-order valence-corrected chi connectivity index (χ1v) is 10.9. The van der Waals surface area contributed by atoms with Gasteiger partial charge >= 0.3 is 0 Å². The Bertz CT molecular complexity index is 997. The second kappa shape index (κ2) is 9.39. The SMILES string of the molecule is CCN1C(=O)CC(C(=O)Nc2ccc(Cl)c(Cl)c2)SC1=Nc1ccc(C)c(Cl)c1. The maximum atomic E-state index is 12.7. The highest BCUT2D eigenvalue weighted by atomic mass is 35.5. The molecule has 0 radical (unpaired) electrons. The number of amidine groups is 1. The second-order valence-electron chi connectivity index (χ2n) is 6.39. The standard InChI is InChI=1S/C20H18Cl3N3O2S/c1-3-26-18(27)10-17(19(28)24-12-6-7-14(21)16(23)9-12)29-20(26)25-13-5-4-11(2)15(22)8-13/h4-9,17H,3,10H2,1-2H3,(H,24,28). The van der Waals surface area contributed by atoms with Crippen LogP contribution in [-0.2, 0) is 9.59 Å². The van der Waals surface area contributed by atoms with E-state index in [-0.39, 0.29) is 18.2 Å². The molecule has 1 N–H and O–H groups in total. The lowest BCUT2D eigenvalue weighted by molar-refractivity contribution is -0.129. The number of aliphatic imine (C=N–C) groups is 1. The summed E-state index contributed by atoms with van der Waals surface area (Å²) in [5, 5.41) is 3.98. The molecule has 2 amide bonds. The number of anilines is 1. The lowest BCUT2D eigenvalue weighted by Crippen LogP contribution is -2.45. The first kappa shape index (κ1) is 22.0. The summed E-state index contributed by atoms with van der Waals surface area (Å²) in [4.78, 5) is 31.5. The number of nitrogens with zero attached hydrogens (tertiary/aromatic N) is 2. The van der Waals surface area contributed by atoms with Gasteiger partial charge in [0, 0.05) is 23.7 Å². The van der Waals surface area contributed by atoms with Crippen LogP contribution in [0.1, 0.15) is 18.9 Å². The van der Waals surface area contributed by atoms with E-state index in [9.17, 15) is 9.59 Å². The van der Waals surface area contributed by atoms with Crippen molar-refractivity contribution in [1.29, 1.82) is 0 Å². The quantitative estimate of drug-likeness (QED) is 0.602. The molecular weight excluding hydrogens is 453 g/mol. The topological polar surface area (TPSA) is 61.8 Å². The van der Waals surface area contributed by atoms with Crippen LogP contribution in [0, 0.1) is 6.92 Å². The minimum atomic E-state index is -0.612. The first-order valence-electron chi connectivity index (χ1n) is 8.86. The Morgan fingerprint density at radius 1 is 1.17 bits per heavy atom. The van der Waals surface area contributed by atoms with Crippen LogP contribution in [0.4, 0.5) is 11.4 Å².